The first-order valence-corrected chi connectivity index (χ1v) is 12.1. The van der Waals surface area contributed by atoms with Crippen molar-refractivity contribution in [1.29, 1.82) is 0 Å². The van der Waals surface area contributed by atoms with Crippen molar-refractivity contribution in [2.75, 3.05) is 31.6 Å². The minimum Gasteiger partial charge on any atom is -0.494 e. The first kappa shape index (κ1) is 25.4. The number of rotatable bonds is 12. The highest BCUT2D eigenvalue weighted by molar-refractivity contribution is 7.89. The van der Waals surface area contributed by atoms with Gasteiger partial charge in [-0.25, -0.2) is 13.2 Å². The first-order chi connectivity index (χ1) is 15.3. The van der Waals surface area contributed by atoms with E-state index >= 15 is 0 Å². The van der Waals surface area contributed by atoms with Crippen molar-refractivity contribution in [3.05, 3.63) is 54.1 Å². The van der Waals surface area contributed by atoms with Crippen LogP contribution in [0, 0.1) is 0 Å². The summed E-state index contributed by atoms with van der Waals surface area (Å²) in [7, 11) is -3.84. The molecule has 0 aromatic heterocycles. The van der Waals surface area contributed by atoms with Crippen LogP contribution in [0.4, 0.5) is 5.69 Å². The molecule has 2 rings (SSSR count). The Labute approximate surface area is 189 Å². The van der Waals surface area contributed by atoms with Gasteiger partial charge in [0, 0.05) is 12.2 Å². The van der Waals surface area contributed by atoms with Crippen LogP contribution in [-0.4, -0.2) is 50.9 Å². The smallest absolute Gasteiger partial charge is 0.338 e. The summed E-state index contributed by atoms with van der Waals surface area (Å²) in [6.07, 6.45) is 1.73. The highest BCUT2D eigenvalue weighted by atomic mass is 32.2. The zero-order valence-electron chi connectivity index (χ0n) is 18.7. The average Bonchev–Trinajstić information content (AvgIpc) is 2.78. The van der Waals surface area contributed by atoms with Crippen LogP contribution in [0.15, 0.2) is 53.4 Å². The number of hydrogen-bond acceptors (Lipinski definition) is 6. The Hall–Kier alpha value is -2.91. The van der Waals surface area contributed by atoms with E-state index in [0.717, 1.165) is 17.1 Å². The summed E-state index contributed by atoms with van der Waals surface area (Å²) in [5, 5.41) is 2.66. The molecule has 2 aromatic rings. The summed E-state index contributed by atoms with van der Waals surface area (Å²) in [6, 6.07) is 12.3. The van der Waals surface area contributed by atoms with E-state index in [1.807, 2.05) is 13.8 Å². The molecule has 1 N–H and O–H groups in total. The van der Waals surface area contributed by atoms with Crippen LogP contribution in [-0.2, 0) is 19.6 Å². The summed E-state index contributed by atoms with van der Waals surface area (Å²) < 4.78 is 37.4. The predicted molar refractivity (Wildman–Crippen MR) is 122 cm³/mol. The maximum atomic E-state index is 12.9. The van der Waals surface area contributed by atoms with Gasteiger partial charge in [-0.3, -0.25) is 4.79 Å². The van der Waals surface area contributed by atoms with Crippen LogP contribution < -0.4 is 10.1 Å². The van der Waals surface area contributed by atoms with Crippen molar-refractivity contribution in [2.45, 2.75) is 38.5 Å². The molecular weight excluding hydrogens is 432 g/mol. The minimum absolute atomic E-state index is 0.0848. The van der Waals surface area contributed by atoms with E-state index in [2.05, 4.69) is 5.32 Å². The van der Waals surface area contributed by atoms with Gasteiger partial charge >= 0.3 is 5.97 Å². The van der Waals surface area contributed by atoms with Gasteiger partial charge in [-0.15, -0.1) is 0 Å². The number of carbonyl (C=O) groups excluding carboxylic acids is 2. The molecule has 0 unspecified atom stereocenters. The summed E-state index contributed by atoms with van der Waals surface area (Å²) in [4.78, 5) is 24.5. The fraction of sp³-hybridized carbons (Fsp3) is 0.391. The number of benzene rings is 2. The van der Waals surface area contributed by atoms with E-state index in [0.29, 0.717) is 30.2 Å². The van der Waals surface area contributed by atoms with E-state index in [1.54, 1.807) is 43.3 Å². The number of sulfonamides is 1. The van der Waals surface area contributed by atoms with Gasteiger partial charge in [-0.05, 0) is 61.9 Å². The third-order valence-corrected chi connectivity index (χ3v) is 6.52. The summed E-state index contributed by atoms with van der Waals surface area (Å²) in [5.74, 6) is -0.334. The van der Waals surface area contributed by atoms with Gasteiger partial charge < -0.3 is 14.8 Å². The minimum atomic E-state index is -3.84. The van der Waals surface area contributed by atoms with Crippen molar-refractivity contribution < 1.29 is 27.5 Å². The summed E-state index contributed by atoms with van der Waals surface area (Å²) in [5.41, 5.74) is 0.835. The van der Waals surface area contributed by atoms with Gasteiger partial charge in [0.15, 0.2) is 0 Å². The van der Waals surface area contributed by atoms with E-state index in [9.17, 15) is 18.0 Å². The number of anilines is 1. The Kier molecular flexibility index (Phi) is 9.67. The highest BCUT2D eigenvalue weighted by Gasteiger charge is 2.25. The normalized spacial score (nSPS) is 11.2. The number of unbranched alkanes of at least 4 members (excludes halogenated alkanes) is 1. The Bertz CT molecular complexity index is 988. The van der Waals surface area contributed by atoms with E-state index in [-0.39, 0.29) is 18.0 Å². The van der Waals surface area contributed by atoms with Crippen molar-refractivity contribution in [3.63, 3.8) is 0 Å². The molecule has 0 aliphatic heterocycles. The molecule has 0 fully saturated rings. The standard InChI is InChI=1S/C23H30N2O6S/c1-4-7-16-31-23(27)18-8-10-19(11-9-18)24-22(26)17-25(5-2)32(28,29)21-14-12-20(13-15-21)30-6-3/h8-15H,4-7,16-17H2,1-3H3,(H,24,26). The number of likely N-dealkylation sites (N-methyl/N-ethyl adjacent to an activating group) is 1. The number of ether oxygens (including phenoxy) is 2. The molecular formula is C23H30N2O6S. The monoisotopic (exact) mass is 462 g/mol. The fourth-order valence-electron chi connectivity index (χ4n) is 2.83. The third kappa shape index (κ3) is 7.06. The van der Waals surface area contributed by atoms with Gasteiger partial charge in [0.25, 0.3) is 0 Å². The molecule has 0 heterocycles. The van der Waals surface area contributed by atoms with Crippen LogP contribution >= 0.6 is 0 Å². The van der Waals surface area contributed by atoms with Crippen molar-refractivity contribution in [1.82, 2.24) is 4.31 Å². The molecule has 0 saturated carbocycles. The largest absolute Gasteiger partial charge is 0.494 e. The molecule has 0 saturated heterocycles. The average molecular weight is 463 g/mol. The number of nitrogens with zero attached hydrogens (tertiary/aromatic N) is 1. The number of amides is 1. The van der Waals surface area contributed by atoms with Gasteiger partial charge in [-0.2, -0.15) is 4.31 Å². The number of esters is 1. The van der Waals surface area contributed by atoms with Crippen LogP contribution in [0.5, 0.6) is 5.75 Å². The van der Waals surface area contributed by atoms with Gasteiger partial charge in [0.05, 0.1) is 30.2 Å². The van der Waals surface area contributed by atoms with Gasteiger partial charge in [0.1, 0.15) is 5.75 Å². The first-order valence-electron chi connectivity index (χ1n) is 10.6. The molecule has 0 radical (unpaired) electrons. The van der Waals surface area contributed by atoms with Crippen LogP contribution in [0.2, 0.25) is 0 Å². The van der Waals surface area contributed by atoms with Crippen molar-refractivity contribution >= 4 is 27.6 Å². The van der Waals surface area contributed by atoms with E-state index in [1.165, 1.54) is 12.1 Å². The highest BCUT2D eigenvalue weighted by Crippen LogP contribution is 2.20. The lowest BCUT2D eigenvalue weighted by Crippen LogP contribution is -2.37. The molecule has 9 heteroatoms. The van der Waals surface area contributed by atoms with Crippen LogP contribution in [0.25, 0.3) is 0 Å². The van der Waals surface area contributed by atoms with Gasteiger partial charge in [0.2, 0.25) is 15.9 Å². The Morgan fingerprint density at radius 1 is 0.969 bits per heavy atom. The molecule has 0 bridgehead atoms. The van der Waals surface area contributed by atoms with E-state index < -0.39 is 21.9 Å². The van der Waals surface area contributed by atoms with Crippen LogP contribution in [0.1, 0.15) is 44.0 Å². The fourth-order valence-corrected chi connectivity index (χ4v) is 4.24. The zero-order chi connectivity index (χ0) is 23.6. The Morgan fingerprint density at radius 2 is 1.62 bits per heavy atom. The molecule has 8 nitrogen and oxygen atoms in total. The van der Waals surface area contributed by atoms with Crippen molar-refractivity contribution in [2.24, 2.45) is 0 Å². The summed E-state index contributed by atoms with van der Waals surface area (Å²) >= 11 is 0. The predicted octanol–water partition coefficient (Wildman–Crippen LogP) is 3.69. The topological polar surface area (TPSA) is 102 Å². The maximum absolute atomic E-state index is 12.9. The Balaban J connectivity index is 2.00. The quantitative estimate of drug-likeness (QED) is 0.381. The lowest BCUT2D eigenvalue weighted by Gasteiger charge is -2.20. The Morgan fingerprint density at radius 3 is 2.19 bits per heavy atom. The molecule has 0 aliphatic rings. The molecule has 0 spiro atoms. The zero-order valence-corrected chi connectivity index (χ0v) is 19.5. The second kappa shape index (κ2) is 12.2. The lowest BCUT2D eigenvalue weighted by molar-refractivity contribution is -0.116. The molecule has 0 aliphatic carbocycles. The lowest BCUT2D eigenvalue weighted by atomic mass is 10.2. The number of hydrogen-bond donors (Lipinski definition) is 1. The van der Waals surface area contributed by atoms with Crippen LogP contribution in [0.3, 0.4) is 0 Å². The molecule has 174 valence electrons. The number of nitrogens with one attached hydrogen (secondary N) is 1. The molecule has 0 atom stereocenters. The number of carbonyl (C=O) groups is 2. The summed E-state index contributed by atoms with van der Waals surface area (Å²) in [6.45, 7) is 6.15. The van der Waals surface area contributed by atoms with Gasteiger partial charge in [-0.1, -0.05) is 20.3 Å². The second-order valence-corrected chi connectivity index (χ2v) is 8.89. The molecule has 32 heavy (non-hydrogen) atoms. The second-order valence-electron chi connectivity index (χ2n) is 6.95. The SMILES string of the molecule is CCCCOC(=O)c1ccc(NC(=O)CN(CC)S(=O)(=O)c2ccc(OCC)cc2)cc1. The molecule has 2 aromatic carbocycles. The molecule has 1 amide bonds. The van der Waals surface area contributed by atoms with E-state index in [4.69, 9.17) is 9.47 Å². The maximum Gasteiger partial charge on any atom is 0.338 e. The van der Waals surface area contributed by atoms with Crippen molar-refractivity contribution in [3.8, 4) is 5.75 Å². The third-order valence-electron chi connectivity index (χ3n) is 4.58.